The third kappa shape index (κ3) is 3.95. The van der Waals surface area contributed by atoms with Crippen LogP contribution < -0.4 is 10.6 Å². The van der Waals surface area contributed by atoms with E-state index >= 15 is 0 Å². The summed E-state index contributed by atoms with van der Waals surface area (Å²) in [5, 5.41) is 11.4. The molecule has 0 saturated heterocycles. The highest BCUT2D eigenvalue weighted by molar-refractivity contribution is 5.96. The first kappa shape index (κ1) is 17.6. The summed E-state index contributed by atoms with van der Waals surface area (Å²) in [6.07, 6.45) is 0. The number of carbonyl (C=O) groups excluding carboxylic acids is 2. The molecule has 1 heterocycles. The summed E-state index contributed by atoms with van der Waals surface area (Å²) < 4.78 is 27.5. The second kappa shape index (κ2) is 7.20. The standard InChI is InChI=1S/C16H18F2N4O2/c1-8(2)15(19-9(3)23)16(24)20-13-7-12(21-22-13)14-10(17)5-4-6-11(14)18/h4-8,15H,1-3H3,(H,19,23)(H2,20,21,22,24)/t15-/m0/s1. The lowest BCUT2D eigenvalue weighted by molar-refractivity contribution is -0.126. The van der Waals surface area contributed by atoms with Gasteiger partial charge in [0.05, 0.1) is 11.3 Å². The zero-order valence-corrected chi connectivity index (χ0v) is 13.5. The first-order valence-corrected chi connectivity index (χ1v) is 7.37. The van der Waals surface area contributed by atoms with Crippen molar-refractivity contribution in [1.82, 2.24) is 15.5 Å². The zero-order chi connectivity index (χ0) is 17.9. The molecule has 0 aliphatic carbocycles. The molecule has 0 radical (unpaired) electrons. The second-order valence-electron chi connectivity index (χ2n) is 5.67. The minimum atomic E-state index is -0.743. The van der Waals surface area contributed by atoms with E-state index < -0.39 is 23.6 Å². The number of benzene rings is 1. The number of amides is 2. The van der Waals surface area contributed by atoms with Crippen molar-refractivity contribution in [2.24, 2.45) is 5.92 Å². The molecule has 24 heavy (non-hydrogen) atoms. The van der Waals surface area contributed by atoms with E-state index in [0.717, 1.165) is 12.1 Å². The van der Waals surface area contributed by atoms with Crippen LogP contribution in [0.25, 0.3) is 11.3 Å². The van der Waals surface area contributed by atoms with Crippen LogP contribution in [0.15, 0.2) is 24.3 Å². The molecule has 0 fully saturated rings. The highest BCUT2D eigenvalue weighted by Crippen LogP contribution is 2.25. The number of rotatable bonds is 5. The fraction of sp³-hybridized carbons (Fsp3) is 0.312. The molecule has 0 aliphatic rings. The van der Waals surface area contributed by atoms with Crippen LogP contribution in [0.3, 0.4) is 0 Å². The topological polar surface area (TPSA) is 86.9 Å². The lowest BCUT2D eigenvalue weighted by Crippen LogP contribution is -2.46. The summed E-state index contributed by atoms with van der Waals surface area (Å²) in [5.41, 5.74) is -0.158. The van der Waals surface area contributed by atoms with E-state index in [1.165, 1.54) is 19.1 Å². The van der Waals surface area contributed by atoms with Gasteiger partial charge in [0.25, 0.3) is 0 Å². The Morgan fingerprint density at radius 1 is 1.21 bits per heavy atom. The molecule has 2 amide bonds. The Bertz CT molecular complexity index is 738. The number of H-pyrrole nitrogens is 1. The van der Waals surface area contributed by atoms with Crippen molar-refractivity contribution in [2.45, 2.75) is 26.8 Å². The Morgan fingerprint density at radius 3 is 2.38 bits per heavy atom. The molecule has 2 aromatic rings. The smallest absolute Gasteiger partial charge is 0.248 e. The molecule has 0 saturated carbocycles. The van der Waals surface area contributed by atoms with Gasteiger partial charge in [0.15, 0.2) is 5.82 Å². The van der Waals surface area contributed by atoms with Gasteiger partial charge in [-0.3, -0.25) is 14.7 Å². The molecule has 128 valence electrons. The number of aromatic amines is 1. The van der Waals surface area contributed by atoms with Crippen molar-refractivity contribution in [3.8, 4) is 11.3 Å². The molecular weight excluding hydrogens is 318 g/mol. The average Bonchev–Trinajstić information content (AvgIpc) is 2.92. The number of hydrogen-bond acceptors (Lipinski definition) is 3. The largest absolute Gasteiger partial charge is 0.344 e. The highest BCUT2D eigenvalue weighted by atomic mass is 19.1. The summed E-state index contributed by atoms with van der Waals surface area (Å²) in [6, 6.07) is 4.10. The van der Waals surface area contributed by atoms with Gasteiger partial charge in [0.1, 0.15) is 17.7 Å². The Hall–Kier alpha value is -2.77. The highest BCUT2D eigenvalue weighted by Gasteiger charge is 2.24. The molecule has 8 heteroatoms. The maximum Gasteiger partial charge on any atom is 0.248 e. The predicted octanol–water partition coefficient (Wildman–Crippen LogP) is 2.45. The molecule has 0 bridgehead atoms. The lowest BCUT2D eigenvalue weighted by Gasteiger charge is -2.20. The number of anilines is 1. The van der Waals surface area contributed by atoms with Crippen LogP contribution in [0.2, 0.25) is 0 Å². The average molecular weight is 336 g/mol. The van der Waals surface area contributed by atoms with E-state index in [2.05, 4.69) is 20.8 Å². The van der Waals surface area contributed by atoms with E-state index in [0.29, 0.717) is 0 Å². The number of nitrogens with one attached hydrogen (secondary N) is 3. The van der Waals surface area contributed by atoms with E-state index in [1.54, 1.807) is 13.8 Å². The molecule has 1 aromatic heterocycles. The van der Waals surface area contributed by atoms with Gasteiger partial charge in [-0.25, -0.2) is 8.78 Å². The maximum absolute atomic E-state index is 13.8. The van der Waals surface area contributed by atoms with Crippen molar-refractivity contribution in [3.63, 3.8) is 0 Å². The quantitative estimate of drug-likeness (QED) is 0.784. The van der Waals surface area contributed by atoms with Gasteiger partial charge in [-0.1, -0.05) is 19.9 Å². The fourth-order valence-electron chi connectivity index (χ4n) is 2.23. The zero-order valence-electron chi connectivity index (χ0n) is 13.5. The summed E-state index contributed by atoms with van der Waals surface area (Å²) >= 11 is 0. The van der Waals surface area contributed by atoms with E-state index in [-0.39, 0.29) is 28.9 Å². The van der Waals surface area contributed by atoms with Crippen LogP contribution in [0.4, 0.5) is 14.6 Å². The number of hydrogen-bond donors (Lipinski definition) is 3. The van der Waals surface area contributed by atoms with Crippen molar-refractivity contribution < 1.29 is 18.4 Å². The Balaban J connectivity index is 2.19. The van der Waals surface area contributed by atoms with Gasteiger partial charge in [-0.15, -0.1) is 0 Å². The number of aromatic nitrogens is 2. The first-order valence-electron chi connectivity index (χ1n) is 7.37. The van der Waals surface area contributed by atoms with Gasteiger partial charge >= 0.3 is 0 Å². The summed E-state index contributed by atoms with van der Waals surface area (Å²) in [5.74, 6) is -2.32. The third-order valence-electron chi connectivity index (χ3n) is 3.37. The molecule has 2 rings (SSSR count). The van der Waals surface area contributed by atoms with E-state index in [4.69, 9.17) is 0 Å². The van der Waals surface area contributed by atoms with E-state index in [1.807, 2.05) is 0 Å². The number of halogens is 2. The van der Waals surface area contributed by atoms with Crippen molar-refractivity contribution >= 4 is 17.6 Å². The fourth-order valence-corrected chi connectivity index (χ4v) is 2.23. The SMILES string of the molecule is CC(=O)N[C@H](C(=O)Nc1cc(-c2c(F)cccc2F)[nH]n1)C(C)C. The van der Waals surface area contributed by atoms with Crippen molar-refractivity contribution in [1.29, 1.82) is 0 Å². The molecule has 1 aromatic carbocycles. The van der Waals surface area contributed by atoms with E-state index in [9.17, 15) is 18.4 Å². The molecule has 0 aliphatic heterocycles. The van der Waals surface area contributed by atoms with Crippen LogP contribution in [-0.2, 0) is 9.59 Å². The molecular formula is C16H18F2N4O2. The van der Waals surface area contributed by atoms with Crippen LogP contribution in [0.5, 0.6) is 0 Å². The van der Waals surface area contributed by atoms with Crippen LogP contribution in [0, 0.1) is 17.6 Å². The predicted molar refractivity (Wildman–Crippen MR) is 85.0 cm³/mol. The summed E-state index contributed by atoms with van der Waals surface area (Å²) in [6.45, 7) is 4.88. The van der Waals surface area contributed by atoms with Crippen LogP contribution >= 0.6 is 0 Å². The molecule has 0 spiro atoms. The molecule has 0 unspecified atom stereocenters. The van der Waals surface area contributed by atoms with Crippen LogP contribution in [0.1, 0.15) is 20.8 Å². The third-order valence-corrected chi connectivity index (χ3v) is 3.37. The van der Waals surface area contributed by atoms with Gasteiger partial charge in [0.2, 0.25) is 11.8 Å². The Labute approximate surface area is 137 Å². The monoisotopic (exact) mass is 336 g/mol. The first-order chi connectivity index (χ1) is 11.3. The van der Waals surface area contributed by atoms with Crippen molar-refractivity contribution in [3.05, 3.63) is 35.9 Å². The minimum Gasteiger partial charge on any atom is -0.344 e. The van der Waals surface area contributed by atoms with Crippen LogP contribution in [-0.4, -0.2) is 28.1 Å². The summed E-state index contributed by atoms with van der Waals surface area (Å²) in [7, 11) is 0. The molecule has 3 N–H and O–H groups in total. The molecule has 1 atom stereocenters. The molecule has 6 nitrogen and oxygen atoms in total. The normalized spacial score (nSPS) is 12.1. The Kier molecular flexibility index (Phi) is 5.28. The van der Waals surface area contributed by atoms with Crippen molar-refractivity contribution in [2.75, 3.05) is 5.32 Å². The summed E-state index contributed by atoms with van der Waals surface area (Å²) in [4.78, 5) is 23.4. The van der Waals surface area contributed by atoms with Gasteiger partial charge in [-0.05, 0) is 18.1 Å². The Morgan fingerprint density at radius 2 is 1.83 bits per heavy atom. The number of carbonyl (C=O) groups is 2. The van der Waals surface area contributed by atoms with Gasteiger partial charge < -0.3 is 10.6 Å². The minimum absolute atomic E-state index is 0.0986. The second-order valence-corrected chi connectivity index (χ2v) is 5.67. The van der Waals surface area contributed by atoms with Gasteiger partial charge in [0, 0.05) is 13.0 Å². The van der Waals surface area contributed by atoms with Gasteiger partial charge in [-0.2, -0.15) is 5.10 Å². The number of nitrogens with zero attached hydrogens (tertiary/aromatic N) is 1. The lowest BCUT2D eigenvalue weighted by atomic mass is 10.0. The maximum atomic E-state index is 13.8.